The molecule has 3 aromatic carbocycles. The van der Waals surface area contributed by atoms with Crippen molar-refractivity contribution < 1.29 is 14.4 Å². The second-order valence-electron chi connectivity index (χ2n) is 7.19. The number of fused-ring (bicyclic) bond motifs is 4. The van der Waals surface area contributed by atoms with Crippen LogP contribution in [0.25, 0.3) is 44.3 Å². The van der Waals surface area contributed by atoms with Gasteiger partial charge in [0.15, 0.2) is 17.0 Å². The lowest BCUT2D eigenvalue weighted by molar-refractivity contribution is -0.383. The fourth-order valence-corrected chi connectivity index (χ4v) is 3.85. The molecule has 0 unspecified atom stereocenters. The predicted molar refractivity (Wildman–Crippen MR) is 116 cm³/mol. The van der Waals surface area contributed by atoms with Crippen LogP contribution >= 0.6 is 0 Å². The molecule has 0 atom stereocenters. The molecule has 0 aliphatic carbocycles. The highest BCUT2D eigenvalue weighted by Gasteiger charge is 2.22. The zero-order chi connectivity index (χ0) is 21.7. The molecule has 154 valence electrons. The van der Waals surface area contributed by atoms with Crippen molar-refractivity contribution in [2.24, 2.45) is 0 Å². The van der Waals surface area contributed by atoms with Gasteiger partial charge in [-0.25, -0.2) is 4.98 Å². The van der Waals surface area contributed by atoms with Gasteiger partial charge in [-0.15, -0.1) is 5.10 Å². The molecule has 6 rings (SSSR count). The molecule has 0 saturated heterocycles. The molecule has 0 saturated carbocycles. The van der Waals surface area contributed by atoms with Crippen LogP contribution in [-0.2, 0) is 0 Å². The minimum Gasteiger partial charge on any atom is -0.454 e. The summed E-state index contributed by atoms with van der Waals surface area (Å²) >= 11 is 0. The summed E-state index contributed by atoms with van der Waals surface area (Å²) < 4.78 is 10.9. The van der Waals surface area contributed by atoms with E-state index in [1.807, 2.05) is 48.5 Å². The lowest BCUT2D eigenvalue weighted by atomic mass is 10.0. The highest BCUT2D eigenvalue weighted by atomic mass is 16.7. The molecular weight excluding hydrogens is 410 g/mol. The summed E-state index contributed by atoms with van der Waals surface area (Å²) in [7, 11) is 0. The summed E-state index contributed by atoms with van der Waals surface area (Å²) in [5.41, 5.74) is 3.33. The van der Waals surface area contributed by atoms with Crippen LogP contribution in [0.1, 0.15) is 0 Å². The second kappa shape index (κ2) is 6.95. The highest BCUT2D eigenvalue weighted by molar-refractivity contribution is 6.11. The van der Waals surface area contributed by atoms with Crippen molar-refractivity contribution in [3.63, 3.8) is 0 Å². The Morgan fingerprint density at radius 3 is 2.56 bits per heavy atom. The van der Waals surface area contributed by atoms with E-state index in [4.69, 9.17) is 14.5 Å². The average Bonchev–Trinajstić information content (AvgIpc) is 3.45. The maximum Gasteiger partial charge on any atom is 0.298 e. The molecule has 5 aromatic rings. The van der Waals surface area contributed by atoms with Crippen LogP contribution in [0.3, 0.4) is 0 Å². The number of nitro benzene ring substituents is 1. The molecule has 0 radical (unpaired) electrons. The van der Waals surface area contributed by atoms with Gasteiger partial charge in [-0.1, -0.05) is 30.3 Å². The fraction of sp³-hybridized carbons (Fsp3) is 0.0435. The molecule has 0 bridgehead atoms. The highest BCUT2D eigenvalue weighted by Crippen LogP contribution is 2.38. The first-order valence-corrected chi connectivity index (χ1v) is 9.74. The molecule has 0 spiro atoms. The van der Waals surface area contributed by atoms with Gasteiger partial charge in [0.1, 0.15) is 0 Å². The van der Waals surface area contributed by atoms with Crippen molar-refractivity contribution in [1.82, 2.24) is 20.2 Å². The molecule has 32 heavy (non-hydrogen) atoms. The van der Waals surface area contributed by atoms with Crippen LogP contribution in [0.5, 0.6) is 11.5 Å². The Morgan fingerprint density at radius 2 is 1.72 bits per heavy atom. The van der Waals surface area contributed by atoms with Crippen LogP contribution in [0.15, 0.2) is 67.0 Å². The molecular formula is C23H13N5O4. The Bertz CT molecular complexity index is 1540. The third-order valence-electron chi connectivity index (χ3n) is 5.35. The second-order valence-corrected chi connectivity index (χ2v) is 7.19. The van der Waals surface area contributed by atoms with E-state index in [0.717, 1.165) is 11.1 Å². The smallest absolute Gasteiger partial charge is 0.298 e. The van der Waals surface area contributed by atoms with Crippen molar-refractivity contribution in [2.75, 3.05) is 6.79 Å². The standard InChI is InChI=1S/C23H13N5O4/c29-28(30)18-9-15-21(13-4-2-1-3-5-13)26-17(11-24-22(15)16-10-25-27-23(16)18)14-6-7-19-20(8-14)32-12-31-19/h1-11H,12H2. The van der Waals surface area contributed by atoms with Gasteiger partial charge in [0.2, 0.25) is 6.79 Å². The van der Waals surface area contributed by atoms with E-state index in [1.165, 1.54) is 12.3 Å². The monoisotopic (exact) mass is 423 g/mol. The Kier molecular flexibility index (Phi) is 3.94. The molecule has 3 heterocycles. The molecule has 2 aromatic heterocycles. The molecule has 1 aliphatic rings. The van der Waals surface area contributed by atoms with Crippen molar-refractivity contribution in [3.05, 3.63) is 77.1 Å². The lowest BCUT2D eigenvalue weighted by Crippen LogP contribution is -1.92. The summed E-state index contributed by atoms with van der Waals surface area (Å²) in [6.07, 6.45) is 3.14. The normalized spacial score (nSPS) is 12.4. The first-order valence-electron chi connectivity index (χ1n) is 9.74. The number of nitro groups is 1. The first kappa shape index (κ1) is 18.1. The predicted octanol–water partition coefficient (Wildman–Crippen LogP) is 4.54. The topological polar surface area (TPSA) is 113 Å². The minimum atomic E-state index is -0.461. The quantitative estimate of drug-likeness (QED) is 0.307. The van der Waals surface area contributed by atoms with E-state index >= 15 is 0 Å². The Hall–Kier alpha value is -4.66. The minimum absolute atomic E-state index is 0.137. The van der Waals surface area contributed by atoms with Crippen LogP contribution < -0.4 is 9.47 Å². The van der Waals surface area contributed by atoms with Gasteiger partial charge in [0.25, 0.3) is 5.69 Å². The number of hydrogen-bond donors (Lipinski definition) is 0. The Labute approximate surface area is 180 Å². The largest absolute Gasteiger partial charge is 0.454 e. The molecule has 1 aliphatic heterocycles. The van der Waals surface area contributed by atoms with E-state index in [-0.39, 0.29) is 18.0 Å². The molecule has 0 fully saturated rings. The summed E-state index contributed by atoms with van der Waals surface area (Å²) in [6, 6.07) is 16.5. The number of hydrogen-bond acceptors (Lipinski definition) is 8. The third kappa shape index (κ3) is 2.79. The molecule has 9 heteroatoms. The van der Waals surface area contributed by atoms with Crippen molar-refractivity contribution in [1.29, 1.82) is 0 Å². The van der Waals surface area contributed by atoms with Gasteiger partial charge in [-0.3, -0.25) is 15.1 Å². The molecule has 0 amide bonds. The summed E-state index contributed by atoms with van der Waals surface area (Å²) in [5, 5.41) is 20.6. The van der Waals surface area contributed by atoms with E-state index in [2.05, 4.69) is 15.2 Å². The SMILES string of the molecule is O=[N+]([O-])c1cc2c(-c3ccccc3)nc(-c3ccc4c(c3)OCO4)cnc2c2cnnc12. The van der Waals surface area contributed by atoms with Crippen LogP contribution in [0.2, 0.25) is 0 Å². The summed E-state index contributed by atoms with van der Waals surface area (Å²) in [5.74, 6) is 1.30. The fourth-order valence-electron chi connectivity index (χ4n) is 3.85. The van der Waals surface area contributed by atoms with E-state index in [9.17, 15) is 10.1 Å². The average molecular weight is 423 g/mol. The summed E-state index contributed by atoms with van der Waals surface area (Å²) in [4.78, 5) is 20.9. The zero-order valence-electron chi connectivity index (χ0n) is 16.4. The number of rotatable bonds is 3. The van der Waals surface area contributed by atoms with Crippen LogP contribution in [0, 0.1) is 10.1 Å². The van der Waals surface area contributed by atoms with Gasteiger partial charge < -0.3 is 9.47 Å². The van der Waals surface area contributed by atoms with Crippen molar-refractivity contribution in [3.8, 4) is 34.0 Å². The van der Waals surface area contributed by atoms with Crippen molar-refractivity contribution >= 4 is 27.5 Å². The van der Waals surface area contributed by atoms with E-state index in [0.29, 0.717) is 39.2 Å². The van der Waals surface area contributed by atoms with Crippen molar-refractivity contribution in [2.45, 2.75) is 0 Å². The van der Waals surface area contributed by atoms with E-state index in [1.54, 1.807) is 6.20 Å². The van der Waals surface area contributed by atoms with Gasteiger partial charge in [-0.05, 0) is 18.2 Å². The maximum atomic E-state index is 11.8. The maximum absolute atomic E-state index is 11.8. The van der Waals surface area contributed by atoms with Gasteiger partial charge in [-0.2, -0.15) is 5.10 Å². The molecule has 9 nitrogen and oxygen atoms in total. The number of benzene rings is 3. The van der Waals surface area contributed by atoms with Gasteiger partial charge >= 0.3 is 0 Å². The van der Waals surface area contributed by atoms with E-state index < -0.39 is 4.92 Å². The zero-order valence-corrected chi connectivity index (χ0v) is 16.4. The summed E-state index contributed by atoms with van der Waals surface area (Å²) in [6.45, 7) is 0.171. The number of aromatic nitrogens is 4. The lowest BCUT2D eigenvalue weighted by Gasteiger charge is -2.05. The number of nitrogens with zero attached hydrogens (tertiary/aromatic N) is 5. The number of ether oxygens (including phenoxy) is 2. The number of non-ortho nitro benzene ring substituents is 1. The first-order chi connectivity index (χ1) is 15.7. The Balaban J connectivity index is 1.72. The van der Waals surface area contributed by atoms with Gasteiger partial charge in [0, 0.05) is 22.6 Å². The Morgan fingerprint density at radius 1 is 0.875 bits per heavy atom. The van der Waals surface area contributed by atoms with Gasteiger partial charge in [0.05, 0.1) is 39.6 Å². The molecule has 0 N–H and O–H groups in total. The van der Waals surface area contributed by atoms with Crippen LogP contribution in [-0.4, -0.2) is 31.9 Å². The third-order valence-corrected chi connectivity index (χ3v) is 5.35. The van der Waals surface area contributed by atoms with Crippen LogP contribution in [0.4, 0.5) is 5.69 Å².